The van der Waals surface area contributed by atoms with Crippen LogP contribution < -0.4 is 0 Å². The standard InChI is InChI=1S/C7H16BO3PS/c1-4-5(2)7(8)11-6(4)3-10-12(9)13/h4-7,12H,3,8H2,1-2H3,(H,9,13). The third-order valence-corrected chi connectivity index (χ3v) is 3.72. The van der Waals surface area contributed by atoms with Crippen LogP contribution in [0, 0.1) is 11.8 Å². The Labute approximate surface area is 86.0 Å². The molecule has 0 saturated carbocycles. The zero-order valence-corrected chi connectivity index (χ0v) is 10.1. The molecule has 5 atom stereocenters. The summed E-state index contributed by atoms with van der Waals surface area (Å²) in [4.78, 5) is 0. The van der Waals surface area contributed by atoms with Crippen LogP contribution in [0.3, 0.4) is 0 Å². The van der Waals surface area contributed by atoms with Crippen molar-refractivity contribution in [3.05, 3.63) is 0 Å². The molecule has 0 aromatic rings. The van der Waals surface area contributed by atoms with Crippen LogP contribution in [0.5, 0.6) is 0 Å². The van der Waals surface area contributed by atoms with Crippen LogP contribution in [0.4, 0.5) is 0 Å². The monoisotopic (exact) mass is 222 g/mol. The average Bonchev–Trinajstić information content (AvgIpc) is 2.29. The van der Waals surface area contributed by atoms with E-state index in [4.69, 9.17) is 9.26 Å². The summed E-state index contributed by atoms with van der Waals surface area (Å²) in [6.07, 6.45) is 0.0751. The quantitative estimate of drug-likeness (QED) is 0.438. The molecule has 0 radical (unpaired) electrons. The van der Waals surface area contributed by atoms with Gasteiger partial charge in [0.2, 0.25) is 7.23 Å². The minimum absolute atomic E-state index is 0.0751. The normalized spacial score (nSPS) is 42.1. The molecule has 13 heavy (non-hydrogen) atoms. The highest BCUT2D eigenvalue weighted by Gasteiger charge is 2.36. The molecule has 1 rings (SSSR count). The Hall–Kier alpha value is 0.565. The van der Waals surface area contributed by atoms with Crippen molar-refractivity contribution < 1.29 is 13.8 Å². The molecule has 1 saturated heterocycles. The van der Waals surface area contributed by atoms with Crippen LogP contribution in [0.2, 0.25) is 0 Å². The van der Waals surface area contributed by atoms with Crippen molar-refractivity contribution in [3.8, 4) is 0 Å². The first kappa shape index (κ1) is 11.6. The third-order valence-electron chi connectivity index (χ3n) is 2.92. The number of hydrogen-bond donors (Lipinski definition) is 1. The van der Waals surface area contributed by atoms with Gasteiger partial charge in [0.05, 0.1) is 12.7 Å². The number of thiol groups is 1. The molecule has 1 fully saturated rings. The van der Waals surface area contributed by atoms with Crippen LogP contribution >= 0.6 is 19.5 Å². The zero-order chi connectivity index (χ0) is 10.0. The summed E-state index contributed by atoms with van der Waals surface area (Å²) < 4.78 is 21.3. The van der Waals surface area contributed by atoms with E-state index in [0.717, 1.165) is 0 Å². The SMILES string of the molecule is BC1OC(CO[PH](=O)S)C(C)C1C. The minimum Gasteiger partial charge on any atom is -0.381 e. The van der Waals surface area contributed by atoms with Crippen molar-refractivity contribution in [2.75, 3.05) is 6.61 Å². The van der Waals surface area contributed by atoms with E-state index in [2.05, 4.69) is 33.9 Å². The Balaban J connectivity index is 2.40. The lowest BCUT2D eigenvalue weighted by atomic mass is 9.82. The fourth-order valence-corrected chi connectivity index (χ4v) is 2.16. The summed E-state index contributed by atoms with van der Waals surface area (Å²) in [5, 5.41) is 0. The van der Waals surface area contributed by atoms with E-state index in [0.29, 0.717) is 18.4 Å². The van der Waals surface area contributed by atoms with Gasteiger partial charge in [-0.15, -0.1) is 0 Å². The number of hydrogen-bond acceptors (Lipinski definition) is 3. The molecule has 0 spiro atoms. The summed E-state index contributed by atoms with van der Waals surface area (Å²) in [6, 6.07) is 0.269. The van der Waals surface area contributed by atoms with Crippen LogP contribution in [-0.4, -0.2) is 26.6 Å². The van der Waals surface area contributed by atoms with Gasteiger partial charge in [0.25, 0.3) is 0 Å². The first-order valence-electron chi connectivity index (χ1n) is 4.53. The van der Waals surface area contributed by atoms with E-state index >= 15 is 0 Å². The van der Waals surface area contributed by atoms with E-state index < -0.39 is 7.23 Å². The van der Waals surface area contributed by atoms with Gasteiger partial charge in [-0.2, -0.15) is 0 Å². The van der Waals surface area contributed by atoms with Crippen molar-refractivity contribution in [1.82, 2.24) is 0 Å². The lowest BCUT2D eigenvalue weighted by Crippen LogP contribution is -2.20. The van der Waals surface area contributed by atoms with E-state index in [1.165, 1.54) is 0 Å². The predicted octanol–water partition coefficient (Wildman–Crippen LogP) is 0.953. The number of ether oxygens (including phenoxy) is 1. The highest BCUT2D eigenvalue weighted by atomic mass is 32.7. The van der Waals surface area contributed by atoms with Gasteiger partial charge in [-0.3, -0.25) is 4.57 Å². The second kappa shape index (κ2) is 4.88. The van der Waals surface area contributed by atoms with Crippen LogP contribution in [-0.2, 0) is 13.8 Å². The van der Waals surface area contributed by atoms with E-state index in [1.54, 1.807) is 0 Å². The molecular formula is C7H16BO3PS. The Bertz CT molecular complexity index is 204. The molecule has 0 aromatic carbocycles. The van der Waals surface area contributed by atoms with E-state index in [1.807, 2.05) is 0 Å². The Morgan fingerprint density at radius 2 is 2.15 bits per heavy atom. The maximum Gasteiger partial charge on any atom is 0.243 e. The van der Waals surface area contributed by atoms with Crippen molar-refractivity contribution in [1.29, 1.82) is 0 Å². The van der Waals surface area contributed by atoms with E-state index in [-0.39, 0.29) is 12.1 Å². The summed E-state index contributed by atoms with van der Waals surface area (Å²) in [5.41, 5.74) is 0. The topological polar surface area (TPSA) is 35.5 Å². The molecule has 0 N–H and O–H groups in total. The summed E-state index contributed by atoms with van der Waals surface area (Å²) in [5.74, 6) is 1.00. The predicted molar refractivity (Wildman–Crippen MR) is 59.5 cm³/mol. The largest absolute Gasteiger partial charge is 0.381 e. The minimum atomic E-state index is -2.12. The molecule has 3 nitrogen and oxygen atoms in total. The summed E-state index contributed by atoms with van der Waals surface area (Å²) >= 11 is 3.71. The highest BCUT2D eigenvalue weighted by molar-refractivity contribution is 8.39. The molecule has 0 aliphatic carbocycles. The fourth-order valence-electron chi connectivity index (χ4n) is 1.63. The van der Waals surface area contributed by atoms with E-state index in [9.17, 15) is 4.57 Å². The lowest BCUT2D eigenvalue weighted by Gasteiger charge is -2.15. The van der Waals surface area contributed by atoms with Gasteiger partial charge in [0.1, 0.15) is 7.85 Å². The van der Waals surface area contributed by atoms with Crippen molar-refractivity contribution in [2.45, 2.75) is 26.0 Å². The van der Waals surface area contributed by atoms with Gasteiger partial charge in [-0.1, -0.05) is 26.1 Å². The molecule has 5 unspecified atom stereocenters. The van der Waals surface area contributed by atoms with Crippen molar-refractivity contribution in [3.63, 3.8) is 0 Å². The van der Waals surface area contributed by atoms with Gasteiger partial charge >= 0.3 is 0 Å². The maximum absolute atomic E-state index is 10.6. The first-order chi connectivity index (χ1) is 6.02. The Morgan fingerprint density at radius 1 is 1.54 bits per heavy atom. The van der Waals surface area contributed by atoms with Gasteiger partial charge in [-0.05, 0) is 11.8 Å². The molecule has 0 amide bonds. The van der Waals surface area contributed by atoms with Crippen LogP contribution in [0.25, 0.3) is 0 Å². The van der Waals surface area contributed by atoms with Gasteiger partial charge < -0.3 is 9.26 Å². The number of rotatable bonds is 3. The fraction of sp³-hybridized carbons (Fsp3) is 1.00. The molecule has 0 bridgehead atoms. The lowest BCUT2D eigenvalue weighted by molar-refractivity contribution is 0.0395. The van der Waals surface area contributed by atoms with Crippen molar-refractivity contribution >= 4 is 27.3 Å². The molecule has 0 aromatic heterocycles. The molecule has 6 heteroatoms. The summed E-state index contributed by atoms with van der Waals surface area (Å²) in [6.45, 7) is 4.70. The molecule has 76 valence electrons. The second-order valence-electron chi connectivity index (χ2n) is 3.67. The smallest absolute Gasteiger partial charge is 0.243 e. The van der Waals surface area contributed by atoms with Gasteiger partial charge in [0, 0.05) is 6.00 Å². The molecule has 1 heterocycles. The van der Waals surface area contributed by atoms with Crippen LogP contribution in [0.1, 0.15) is 13.8 Å². The first-order valence-corrected chi connectivity index (χ1v) is 7.14. The average molecular weight is 222 g/mol. The van der Waals surface area contributed by atoms with Crippen LogP contribution in [0.15, 0.2) is 0 Å². The zero-order valence-electron chi connectivity index (χ0n) is 8.19. The summed E-state index contributed by atoms with van der Waals surface area (Å²) in [7, 11) is -0.0546. The second-order valence-corrected chi connectivity index (χ2v) is 5.59. The Kier molecular flexibility index (Phi) is 4.37. The molecule has 1 aliphatic rings. The van der Waals surface area contributed by atoms with Gasteiger partial charge in [-0.25, -0.2) is 0 Å². The highest BCUT2D eigenvalue weighted by Crippen LogP contribution is 2.34. The Morgan fingerprint density at radius 3 is 2.54 bits per heavy atom. The maximum atomic E-state index is 10.6. The van der Waals surface area contributed by atoms with Crippen molar-refractivity contribution in [2.24, 2.45) is 11.8 Å². The van der Waals surface area contributed by atoms with Gasteiger partial charge in [0.15, 0.2) is 0 Å². The molecular weight excluding hydrogens is 206 g/mol. The molecule has 1 aliphatic heterocycles. The third kappa shape index (κ3) is 3.02.